The number of hydrogen-bond acceptors (Lipinski definition) is 5. The van der Waals surface area contributed by atoms with Gasteiger partial charge in [0.25, 0.3) is 5.91 Å². The first-order chi connectivity index (χ1) is 13.9. The summed E-state index contributed by atoms with van der Waals surface area (Å²) >= 11 is 0. The summed E-state index contributed by atoms with van der Waals surface area (Å²) in [4.78, 5) is 38.7. The maximum Gasteiger partial charge on any atom is 0.311 e. The van der Waals surface area contributed by atoms with Crippen LogP contribution in [0.4, 0.5) is 5.69 Å². The molecule has 1 saturated carbocycles. The Morgan fingerprint density at radius 3 is 2.66 bits per heavy atom. The number of ether oxygens (including phenoxy) is 1. The lowest BCUT2D eigenvalue weighted by Gasteiger charge is -2.39. The highest BCUT2D eigenvalue weighted by atomic mass is 16.5. The smallest absolute Gasteiger partial charge is 0.311 e. The van der Waals surface area contributed by atoms with Gasteiger partial charge in [0, 0.05) is 24.7 Å². The Morgan fingerprint density at radius 1 is 1.24 bits per heavy atom. The van der Waals surface area contributed by atoms with Gasteiger partial charge in [-0.3, -0.25) is 14.4 Å². The van der Waals surface area contributed by atoms with Gasteiger partial charge in [0.05, 0.1) is 17.6 Å². The van der Waals surface area contributed by atoms with Crippen molar-refractivity contribution in [3.05, 3.63) is 29.8 Å². The Labute approximate surface area is 171 Å². The predicted molar refractivity (Wildman–Crippen MR) is 107 cm³/mol. The maximum atomic E-state index is 12.5. The minimum atomic E-state index is -0.519. The SMILES string of the molecule is C[C@H]1[C@H](N2C[C@H](C(=O)OCC(=O)Nc3ccc(C#N)cc3)CC2=O)CCC[C@@H]1C. The van der Waals surface area contributed by atoms with Gasteiger partial charge in [-0.15, -0.1) is 0 Å². The number of nitriles is 1. The Balaban J connectivity index is 1.48. The fourth-order valence-electron chi connectivity index (χ4n) is 4.28. The molecule has 1 aliphatic heterocycles. The zero-order valence-electron chi connectivity index (χ0n) is 16.9. The number of nitrogens with zero attached hydrogens (tertiary/aromatic N) is 2. The molecule has 29 heavy (non-hydrogen) atoms. The molecule has 7 nitrogen and oxygen atoms in total. The van der Waals surface area contributed by atoms with E-state index in [0.29, 0.717) is 29.6 Å². The third-order valence-corrected chi connectivity index (χ3v) is 6.20. The second-order valence-corrected chi connectivity index (χ2v) is 8.13. The average molecular weight is 397 g/mol. The Morgan fingerprint density at radius 2 is 1.97 bits per heavy atom. The van der Waals surface area contributed by atoms with Crippen LogP contribution >= 0.6 is 0 Å². The molecule has 1 aromatic rings. The highest BCUT2D eigenvalue weighted by molar-refractivity contribution is 5.93. The highest BCUT2D eigenvalue weighted by Crippen LogP contribution is 2.35. The van der Waals surface area contributed by atoms with Crippen molar-refractivity contribution >= 4 is 23.5 Å². The molecule has 2 amide bonds. The van der Waals surface area contributed by atoms with Gasteiger partial charge in [0.15, 0.2) is 6.61 Å². The molecule has 1 aromatic carbocycles. The molecule has 2 fully saturated rings. The zero-order valence-corrected chi connectivity index (χ0v) is 16.9. The van der Waals surface area contributed by atoms with E-state index in [2.05, 4.69) is 19.2 Å². The van der Waals surface area contributed by atoms with Crippen molar-refractivity contribution in [3.63, 3.8) is 0 Å². The summed E-state index contributed by atoms with van der Waals surface area (Å²) < 4.78 is 5.15. The van der Waals surface area contributed by atoms with Crippen LogP contribution in [0.25, 0.3) is 0 Å². The summed E-state index contributed by atoms with van der Waals surface area (Å²) in [5.74, 6) is -0.500. The van der Waals surface area contributed by atoms with Gasteiger partial charge in [-0.1, -0.05) is 26.7 Å². The lowest BCUT2D eigenvalue weighted by atomic mass is 9.77. The number of rotatable bonds is 5. The molecule has 1 heterocycles. The Kier molecular flexibility index (Phi) is 6.53. The van der Waals surface area contributed by atoms with Crippen molar-refractivity contribution in [2.75, 3.05) is 18.5 Å². The fraction of sp³-hybridized carbons (Fsp3) is 0.545. The van der Waals surface area contributed by atoms with E-state index in [1.54, 1.807) is 24.3 Å². The van der Waals surface area contributed by atoms with E-state index in [-0.39, 0.29) is 18.4 Å². The molecule has 0 radical (unpaired) electrons. The van der Waals surface area contributed by atoms with E-state index >= 15 is 0 Å². The van der Waals surface area contributed by atoms with Crippen LogP contribution in [0.1, 0.15) is 45.1 Å². The Bertz CT molecular complexity index is 814. The minimum absolute atomic E-state index is 0.0000610. The molecule has 154 valence electrons. The summed E-state index contributed by atoms with van der Waals surface area (Å²) in [5.41, 5.74) is 1.01. The van der Waals surface area contributed by atoms with Crippen LogP contribution in [0.15, 0.2) is 24.3 Å². The quantitative estimate of drug-likeness (QED) is 0.770. The molecule has 1 N–H and O–H groups in total. The molecule has 7 heteroatoms. The van der Waals surface area contributed by atoms with Crippen LogP contribution in [-0.2, 0) is 19.1 Å². The molecule has 0 bridgehead atoms. The van der Waals surface area contributed by atoms with Crippen molar-refractivity contribution in [2.45, 2.75) is 45.6 Å². The minimum Gasteiger partial charge on any atom is -0.455 e. The number of carbonyl (C=O) groups excluding carboxylic acids is 3. The third-order valence-electron chi connectivity index (χ3n) is 6.20. The lowest BCUT2D eigenvalue weighted by molar-refractivity contribution is -0.151. The van der Waals surface area contributed by atoms with Gasteiger partial charge < -0.3 is 15.0 Å². The molecule has 4 atom stereocenters. The average Bonchev–Trinajstić information content (AvgIpc) is 3.10. The van der Waals surface area contributed by atoms with Gasteiger partial charge in [0.2, 0.25) is 5.91 Å². The van der Waals surface area contributed by atoms with Crippen molar-refractivity contribution in [1.82, 2.24) is 4.90 Å². The topological polar surface area (TPSA) is 99.5 Å². The first kappa shape index (κ1) is 20.8. The predicted octanol–water partition coefficient (Wildman–Crippen LogP) is 2.71. The first-order valence-electron chi connectivity index (χ1n) is 10.1. The van der Waals surface area contributed by atoms with Crippen LogP contribution in [0.5, 0.6) is 0 Å². The number of likely N-dealkylation sites (tertiary alicyclic amines) is 1. The highest BCUT2D eigenvalue weighted by Gasteiger charge is 2.42. The molecular weight excluding hydrogens is 370 g/mol. The molecule has 3 rings (SSSR count). The van der Waals surface area contributed by atoms with Gasteiger partial charge >= 0.3 is 5.97 Å². The molecule has 0 spiro atoms. The van der Waals surface area contributed by atoms with E-state index in [4.69, 9.17) is 10.00 Å². The van der Waals surface area contributed by atoms with Crippen LogP contribution in [0.2, 0.25) is 0 Å². The summed E-state index contributed by atoms with van der Waals surface area (Å²) in [6, 6.07) is 8.59. The van der Waals surface area contributed by atoms with Gasteiger partial charge in [-0.2, -0.15) is 5.26 Å². The van der Waals surface area contributed by atoms with Crippen molar-refractivity contribution in [2.24, 2.45) is 17.8 Å². The summed E-state index contributed by atoms with van der Waals surface area (Å²) in [7, 11) is 0. The molecule has 1 aliphatic carbocycles. The number of benzene rings is 1. The van der Waals surface area contributed by atoms with Crippen LogP contribution in [0.3, 0.4) is 0 Å². The van der Waals surface area contributed by atoms with Crippen LogP contribution in [0, 0.1) is 29.1 Å². The number of hydrogen-bond donors (Lipinski definition) is 1. The number of carbonyl (C=O) groups is 3. The van der Waals surface area contributed by atoms with E-state index in [1.165, 1.54) is 6.42 Å². The monoisotopic (exact) mass is 397 g/mol. The number of amides is 2. The van der Waals surface area contributed by atoms with Crippen molar-refractivity contribution in [3.8, 4) is 6.07 Å². The van der Waals surface area contributed by atoms with Crippen molar-refractivity contribution in [1.29, 1.82) is 5.26 Å². The van der Waals surface area contributed by atoms with E-state index in [1.807, 2.05) is 11.0 Å². The molecule has 0 unspecified atom stereocenters. The fourth-order valence-corrected chi connectivity index (χ4v) is 4.28. The second kappa shape index (κ2) is 9.08. The maximum absolute atomic E-state index is 12.5. The van der Waals surface area contributed by atoms with Gasteiger partial charge in [-0.25, -0.2) is 0 Å². The van der Waals surface area contributed by atoms with Gasteiger partial charge in [-0.05, 0) is 42.5 Å². The van der Waals surface area contributed by atoms with E-state index in [9.17, 15) is 14.4 Å². The number of nitrogens with one attached hydrogen (secondary N) is 1. The second-order valence-electron chi connectivity index (χ2n) is 8.13. The van der Waals surface area contributed by atoms with Crippen LogP contribution < -0.4 is 5.32 Å². The molecular formula is C22H27N3O4. The number of esters is 1. The largest absolute Gasteiger partial charge is 0.455 e. The third kappa shape index (κ3) is 4.94. The van der Waals surface area contributed by atoms with Crippen LogP contribution in [-0.4, -0.2) is 41.9 Å². The Hall–Kier alpha value is -2.88. The van der Waals surface area contributed by atoms with Crippen molar-refractivity contribution < 1.29 is 19.1 Å². The lowest BCUT2D eigenvalue weighted by Crippen LogP contribution is -2.45. The van der Waals surface area contributed by atoms with E-state index in [0.717, 1.165) is 12.8 Å². The summed E-state index contributed by atoms with van der Waals surface area (Å²) in [5, 5.41) is 11.4. The summed E-state index contributed by atoms with van der Waals surface area (Å²) in [6.45, 7) is 4.37. The van der Waals surface area contributed by atoms with E-state index < -0.39 is 24.4 Å². The van der Waals surface area contributed by atoms with Gasteiger partial charge in [0.1, 0.15) is 0 Å². The number of anilines is 1. The first-order valence-corrected chi connectivity index (χ1v) is 10.1. The molecule has 2 aliphatic rings. The standard InChI is InChI=1S/C22H27N3O4/c1-14-4-3-5-19(15(14)2)25-12-17(10-21(25)27)22(28)29-13-20(26)24-18-8-6-16(11-23)7-9-18/h6-9,14-15,17,19H,3-5,10,12-13H2,1-2H3,(H,24,26)/t14-,15+,17+,19+/m0/s1. The molecule has 1 saturated heterocycles. The normalized spacial score (nSPS) is 26.7. The zero-order chi connectivity index (χ0) is 21.0. The summed E-state index contributed by atoms with van der Waals surface area (Å²) in [6.07, 6.45) is 3.41. The molecule has 0 aromatic heterocycles.